The van der Waals surface area contributed by atoms with Crippen LogP contribution in [-0.4, -0.2) is 24.8 Å². The van der Waals surface area contributed by atoms with E-state index < -0.39 is 8.30 Å². The van der Waals surface area contributed by atoms with Crippen LogP contribution < -0.4 is 9.61 Å². The summed E-state index contributed by atoms with van der Waals surface area (Å²) in [6.07, 6.45) is -0.0973. The number of carbonyl (C=O) groups excluding carboxylic acids is 1. The minimum Gasteiger partial charge on any atom is -0.462 e. The molecule has 0 aliphatic carbocycles. The largest absolute Gasteiger partial charge is 0.462 e. The fourth-order valence-electron chi connectivity index (χ4n) is 1.33. The zero-order valence-electron chi connectivity index (χ0n) is 11.2. The van der Waals surface area contributed by atoms with Gasteiger partial charge < -0.3 is 9.26 Å². The Kier molecular flexibility index (Phi) is 6.10. The Balaban J connectivity index is 2.40. The molecule has 0 saturated heterocycles. The highest BCUT2D eigenvalue weighted by molar-refractivity contribution is 7.49. The average Bonchev–Trinajstić information content (AvgIpc) is 2.29. The maximum Gasteiger partial charge on any atom is 0.323 e. The van der Waals surface area contributed by atoms with Gasteiger partial charge in [-0.25, -0.2) is 0 Å². The number of nitrogens with one attached hydrogen (secondary N) is 1. The molecular formula is C13H20NO3P. The van der Waals surface area contributed by atoms with Crippen molar-refractivity contribution in [1.29, 1.82) is 0 Å². The molecule has 0 amide bonds. The predicted molar refractivity (Wildman–Crippen MR) is 73.7 cm³/mol. The zero-order valence-corrected chi connectivity index (χ0v) is 12.1. The van der Waals surface area contributed by atoms with Crippen molar-refractivity contribution >= 4 is 14.3 Å². The molecule has 18 heavy (non-hydrogen) atoms. The van der Waals surface area contributed by atoms with Crippen molar-refractivity contribution in [3.8, 4) is 5.75 Å². The number of hydrogen-bond donors (Lipinski definition) is 1. The summed E-state index contributed by atoms with van der Waals surface area (Å²) in [7, 11) is -0.905. The first-order valence-electron chi connectivity index (χ1n) is 5.92. The summed E-state index contributed by atoms with van der Waals surface area (Å²) >= 11 is 0. The molecule has 1 N–H and O–H groups in total. The van der Waals surface area contributed by atoms with Gasteiger partial charge in [0.2, 0.25) is 0 Å². The van der Waals surface area contributed by atoms with E-state index in [4.69, 9.17) is 9.26 Å². The van der Waals surface area contributed by atoms with Crippen molar-refractivity contribution in [3.63, 3.8) is 0 Å². The molecule has 0 aromatic heterocycles. The van der Waals surface area contributed by atoms with Crippen LogP contribution in [0.4, 0.5) is 0 Å². The van der Waals surface area contributed by atoms with Crippen LogP contribution in [0.5, 0.6) is 5.75 Å². The number of para-hydroxylation sites is 1. The van der Waals surface area contributed by atoms with Crippen LogP contribution in [0.3, 0.4) is 0 Å². The van der Waals surface area contributed by atoms with Gasteiger partial charge in [0.15, 0.2) is 8.30 Å². The number of carbonyl (C=O) groups is 1. The summed E-state index contributed by atoms with van der Waals surface area (Å²) in [5.74, 6) is 0.541. The molecular weight excluding hydrogens is 249 g/mol. The maximum atomic E-state index is 11.6. The van der Waals surface area contributed by atoms with Gasteiger partial charge in [-0.1, -0.05) is 18.2 Å². The summed E-state index contributed by atoms with van der Waals surface area (Å²) in [6, 6.07) is 9.16. The molecule has 0 bridgehead atoms. The number of esters is 1. The molecule has 1 aromatic rings. The van der Waals surface area contributed by atoms with E-state index in [9.17, 15) is 4.79 Å². The molecule has 0 spiro atoms. The van der Waals surface area contributed by atoms with E-state index >= 15 is 0 Å². The molecule has 5 heteroatoms. The minimum atomic E-state index is -0.905. The molecule has 0 heterocycles. The van der Waals surface area contributed by atoms with Crippen molar-refractivity contribution in [1.82, 2.24) is 5.09 Å². The van der Waals surface area contributed by atoms with Crippen LogP contribution in [0.15, 0.2) is 30.3 Å². The first-order valence-corrected chi connectivity index (χ1v) is 7.63. The molecule has 100 valence electrons. The fourth-order valence-corrected chi connectivity index (χ4v) is 2.47. The van der Waals surface area contributed by atoms with Gasteiger partial charge in [0.25, 0.3) is 0 Å². The smallest absolute Gasteiger partial charge is 0.323 e. The Labute approximate surface area is 110 Å². The Morgan fingerprint density at radius 3 is 2.39 bits per heavy atom. The van der Waals surface area contributed by atoms with Crippen LogP contribution >= 0.6 is 8.30 Å². The third-order valence-corrected chi connectivity index (χ3v) is 3.30. The van der Waals surface area contributed by atoms with Gasteiger partial charge in [0.1, 0.15) is 11.8 Å². The summed E-state index contributed by atoms with van der Waals surface area (Å²) in [4.78, 5) is 11.6. The number of rotatable bonds is 6. The van der Waals surface area contributed by atoms with Crippen LogP contribution in [0.1, 0.15) is 20.8 Å². The van der Waals surface area contributed by atoms with Gasteiger partial charge in [-0.2, -0.15) is 0 Å². The maximum absolute atomic E-state index is 11.6. The first-order chi connectivity index (χ1) is 8.49. The topological polar surface area (TPSA) is 47.6 Å². The second-order valence-corrected chi connectivity index (χ2v) is 5.67. The Bertz CT molecular complexity index is 370. The molecule has 1 rings (SSSR count). The first kappa shape index (κ1) is 14.9. The lowest BCUT2D eigenvalue weighted by Crippen LogP contribution is -2.34. The molecule has 0 aliphatic heterocycles. The molecule has 1 aromatic carbocycles. The van der Waals surface area contributed by atoms with Crippen molar-refractivity contribution in [2.24, 2.45) is 0 Å². The second kappa shape index (κ2) is 7.34. The van der Waals surface area contributed by atoms with E-state index in [1.165, 1.54) is 0 Å². The van der Waals surface area contributed by atoms with Crippen molar-refractivity contribution in [2.75, 3.05) is 6.66 Å². The zero-order chi connectivity index (χ0) is 13.5. The van der Waals surface area contributed by atoms with Gasteiger partial charge in [-0.3, -0.25) is 9.88 Å². The van der Waals surface area contributed by atoms with E-state index in [1.54, 1.807) is 6.92 Å². The summed E-state index contributed by atoms with van der Waals surface area (Å²) in [6.45, 7) is 7.36. The van der Waals surface area contributed by atoms with Gasteiger partial charge in [0, 0.05) is 6.66 Å². The highest BCUT2D eigenvalue weighted by atomic mass is 31.2. The van der Waals surface area contributed by atoms with Crippen molar-refractivity contribution in [2.45, 2.75) is 32.9 Å². The highest BCUT2D eigenvalue weighted by Crippen LogP contribution is 2.30. The van der Waals surface area contributed by atoms with E-state index in [2.05, 4.69) is 5.09 Å². The van der Waals surface area contributed by atoms with Gasteiger partial charge >= 0.3 is 5.97 Å². The Morgan fingerprint density at radius 1 is 1.22 bits per heavy atom. The number of hydrogen-bond acceptors (Lipinski definition) is 4. The SMILES string of the molecule is CC(C)OC(=O)[C@@H](C)NP(C)Oc1ccccc1. The standard InChI is InChI=1S/C13H20NO3P/c1-10(2)16-13(15)11(3)14-18(4)17-12-8-6-5-7-9-12/h5-11,14H,1-4H3/t11-,18?/m1/s1. The van der Waals surface area contributed by atoms with Gasteiger partial charge in [-0.05, 0) is 32.9 Å². The predicted octanol–water partition coefficient (Wildman–Crippen LogP) is 2.94. The molecule has 1 unspecified atom stereocenters. The van der Waals surface area contributed by atoms with Crippen LogP contribution in [0.2, 0.25) is 0 Å². The molecule has 2 atom stereocenters. The van der Waals surface area contributed by atoms with E-state index in [-0.39, 0.29) is 18.1 Å². The van der Waals surface area contributed by atoms with E-state index in [0.717, 1.165) is 5.75 Å². The van der Waals surface area contributed by atoms with Crippen LogP contribution in [-0.2, 0) is 9.53 Å². The molecule has 0 fully saturated rings. The Hall–Kier alpha value is -1.12. The Morgan fingerprint density at radius 2 is 1.83 bits per heavy atom. The van der Waals surface area contributed by atoms with Crippen LogP contribution in [0, 0.1) is 0 Å². The number of benzene rings is 1. The van der Waals surface area contributed by atoms with Crippen molar-refractivity contribution < 1.29 is 14.1 Å². The van der Waals surface area contributed by atoms with Crippen LogP contribution in [0.25, 0.3) is 0 Å². The summed E-state index contributed by atoms with van der Waals surface area (Å²) in [5.41, 5.74) is 0. The molecule has 0 saturated carbocycles. The quantitative estimate of drug-likeness (QED) is 0.637. The van der Waals surface area contributed by atoms with E-state index in [0.29, 0.717) is 0 Å². The monoisotopic (exact) mass is 269 g/mol. The minimum absolute atomic E-state index is 0.0973. The third kappa shape index (κ3) is 5.48. The summed E-state index contributed by atoms with van der Waals surface area (Å²) in [5, 5.41) is 3.10. The average molecular weight is 269 g/mol. The third-order valence-electron chi connectivity index (χ3n) is 2.07. The lowest BCUT2D eigenvalue weighted by molar-refractivity contribution is -0.148. The van der Waals surface area contributed by atoms with Gasteiger partial charge in [-0.15, -0.1) is 0 Å². The fraction of sp³-hybridized carbons (Fsp3) is 0.462. The normalized spacial score (nSPS) is 14.1. The van der Waals surface area contributed by atoms with Crippen molar-refractivity contribution in [3.05, 3.63) is 30.3 Å². The summed E-state index contributed by atoms with van der Waals surface area (Å²) < 4.78 is 10.8. The molecule has 0 radical (unpaired) electrons. The molecule has 0 aliphatic rings. The van der Waals surface area contributed by atoms with Gasteiger partial charge in [0.05, 0.1) is 6.10 Å². The van der Waals surface area contributed by atoms with E-state index in [1.807, 2.05) is 50.8 Å². The highest BCUT2D eigenvalue weighted by Gasteiger charge is 2.18. The lowest BCUT2D eigenvalue weighted by atomic mass is 10.3. The number of ether oxygens (including phenoxy) is 1. The second-order valence-electron chi connectivity index (χ2n) is 4.24. The lowest BCUT2D eigenvalue weighted by Gasteiger charge is -2.20. The molecule has 4 nitrogen and oxygen atoms in total.